The van der Waals surface area contributed by atoms with Crippen LogP contribution in [0, 0.1) is 0 Å². The van der Waals surface area contributed by atoms with Gasteiger partial charge in [0.05, 0.1) is 38.6 Å². The smallest absolute Gasteiger partial charge is 0.220 e. The molecule has 12 N–H and O–H groups in total. The molecule has 0 spiro atoms. The quantitative estimate of drug-likeness (QED) is 0.0199. The second-order valence-electron chi connectivity index (χ2n) is 27.4. The molecule has 3 saturated heterocycles. The van der Waals surface area contributed by atoms with Gasteiger partial charge in [-0.3, -0.25) is 4.79 Å². The Morgan fingerprint density at radius 3 is 1.07 bits per heavy atom. The number of hydrogen-bond donors (Lipinski definition) is 12. The van der Waals surface area contributed by atoms with Crippen LogP contribution in [-0.4, -0.2) is 193 Å². The van der Waals surface area contributed by atoms with Gasteiger partial charge in [-0.2, -0.15) is 0 Å². The van der Waals surface area contributed by atoms with E-state index in [4.69, 9.17) is 28.4 Å². The standard InChI is InChI=1S/C82H139NO18/c1-3-5-7-9-11-13-15-17-19-21-22-23-24-25-26-27-28-29-30-31-32-33-34-35-36-37-38-39-40-41-42-44-46-48-50-52-54-56-58-60-70(88)83-65(66(87)59-57-55-53-51-49-47-45-43-20-18-16-14-12-10-8-6-4-2)64-96-80-76(94)73(91)78(68(62-85)98-80)101-82-77(95)74(92)79(69(63-86)99-82)100-81-75(93)72(90)71(89)67(61-84)97-81/h5,7,11,13,17,19,22-23,25-26,28-29,31-32,34-35,37-38,40-41,65-69,71-82,84-87,89-95H,3-4,6,8-10,12,14-16,18,20-21,24,27,30,33,36,39,42-64H2,1-2H3,(H,83,88)/b7-5-,13-11-,19-17-,23-22-,26-25-,29-28-,32-31-,35-34-,38-37-,41-40-. The third kappa shape index (κ3) is 41.6. The van der Waals surface area contributed by atoms with Gasteiger partial charge < -0.3 is 89.9 Å². The lowest BCUT2D eigenvalue weighted by Gasteiger charge is -2.48. The zero-order valence-corrected chi connectivity index (χ0v) is 61.8. The number of aliphatic hydroxyl groups is 11. The molecule has 101 heavy (non-hydrogen) atoms. The van der Waals surface area contributed by atoms with Crippen molar-refractivity contribution in [2.45, 2.75) is 362 Å². The van der Waals surface area contributed by atoms with Crippen LogP contribution in [-0.2, 0) is 33.2 Å². The maximum absolute atomic E-state index is 13.5. The van der Waals surface area contributed by atoms with Crippen molar-refractivity contribution in [2.75, 3.05) is 26.4 Å². The highest BCUT2D eigenvalue weighted by Gasteiger charge is 2.54. The Morgan fingerprint density at radius 2 is 0.683 bits per heavy atom. The molecule has 19 nitrogen and oxygen atoms in total. The zero-order chi connectivity index (χ0) is 73.2. The van der Waals surface area contributed by atoms with Crippen molar-refractivity contribution in [3.63, 3.8) is 0 Å². The highest BCUT2D eigenvalue weighted by Crippen LogP contribution is 2.33. The summed E-state index contributed by atoms with van der Waals surface area (Å²) in [5.41, 5.74) is 0. The Bertz CT molecular complexity index is 2300. The van der Waals surface area contributed by atoms with E-state index in [9.17, 15) is 61.0 Å². The van der Waals surface area contributed by atoms with Crippen molar-refractivity contribution >= 4 is 5.91 Å². The molecule has 3 aliphatic rings. The summed E-state index contributed by atoms with van der Waals surface area (Å²) in [5.74, 6) is -0.255. The number of allylic oxidation sites excluding steroid dienone is 20. The average Bonchev–Trinajstić information content (AvgIpc) is 0.792. The number of rotatable bonds is 60. The van der Waals surface area contributed by atoms with Crippen LogP contribution >= 0.6 is 0 Å². The van der Waals surface area contributed by atoms with Crippen LogP contribution in [0.1, 0.15) is 258 Å². The minimum absolute atomic E-state index is 0.249. The molecule has 3 fully saturated rings. The topological polar surface area (TPSA) is 307 Å². The second kappa shape index (κ2) is 61.4. The minimum Gasteiger partial charge on any atom is -0.394 e. The number of carbonyl (C=O) groups excluding carboxylic acids is 1. The lowest BCUT2D eigenvalue weighted by Crippen LogP contribution is -2.66. The summed E-state index contributed by atoms with van der Waals surface area (Å²) in [4.78, 5) is 13.5. The van der Waals surface area contributed by atoms with E-state index in [2.05, 4.69) is 141 Å². The SMILES string of the molecule is CC/C=C\C/C=C\C/C=C\C/C=C\C/C=C\C/C=C\C/C=C\C/C=C\C/C=C\C/C=C\CCCCCCCCCCC(=O)NC(COC1OC(CO)C(OC2OC(CO)C(OC3OC(CO)C(O)C(O)C3O)C(O)C2O)C(O)C1O)C(O)CCCCCCCCCCCCCCCCCCC. The van der Waals surface area contributed by atoms with E-state index in [0.29, 0.717) is 12.8 Å². The maximum atomic E-state index is 13.5. The summed E-state index contributed by atoms with van der Waals surface area (Å²) < 4.78 is 34.5. The van der Waals surface area contributed by atoms with Gasteiger partial charge >= 0.3 is 0 Å². The molecule has 0 bridgehead atoms. The first-order valence-electron chi connectivity index (χ1n) is 39.3. The maximum Gasteiger partial charge on any atom is 0.220 e. The summed E-state index contributed by atoms with van der Waals surface area (Å²) in [5, 5.41) is 121. The number of unbranched alkanes of at least 4 members (excludes halogenated alkanes) is 24. The van der Waals surface area contributed by atoms with Crippen LogP contribution in [0.2, 0.25) is 0 Å². The van der Waals surface area contributed by atoms with E-state index in [1.54, 1.807) is 0 Å². The molecule has 0 aromatic carbocycles. The number of nitrogens with one attached hydrogen (secondary N) is 1. The van der Waals surface area contributed by atoms with Crippen molar-refractivity contribution < 1.29 is 89.4 Å². The largest absolute Gasteiger partial charge is 0.394 e. The van der Waals surface area contributed by atoms with Gasteiger partial charge in [0.1, 0.15) is 73.2 Å². The normalized spacial score (nSPS) is 27.0. The van der Waals surface area contributed by atoms with Crippen LogP contribution < -0.4 is 5.32 Å². The van der Waals surface area contributed by atoms with Gasteiger partial charge in [-0.15, -0.1) is 0 Å². The first kappa shape index (κ1) is 91.4. The minimum atomic E-state index is -1.98. The Morgan fingerprint density at radius 1 is 0.366 bits per heavy atom. The van der Waals surface area contributed by atoms with Gasteiger partial charge in [0.2, 0.25) is 5.91 Å². The number of ether oxygens (including phenoxy) is 6. The molecule has 17 atom stereocenters. The molecule has 17 unspecified atom stereocenters. The van der Waals surface area contributed by atoms with Gasteiger partial charge in [0, 0.05) is 6.42 Å². The fourth-order valence-electron chi connectivity index (χ4n) is 12.5. The van der Waals surface area contributed by atoms with Gasteiger partial charge in [0.15, 0.2) is 18.9 Å². The van der Waals surface area contributed by atoms with Crippen LogP contribution in [0.3, 0.4) is 0 Å². The highest BCUT2D eigenvalue weighted by molar-refractivity contribution is 5.76. The number of carbonyl (C=O) groups is 1. The Kier molecular flexibility index (Phi) is 55.5. The second-order valence-corrected chi connectivity index (χ2v) is 27.4. The fourth-order valence-corrected chi connectivity index (χ4v) is 12.5. The zero-order valence-electron chi connectivity index (χ0n) is 61.8. The highest BCUT2D eigenvalue weighted by atomic mass is 16.8. The van der Waals surface area contributed by atoms with Gasteiger partial charge in [-0.05, 0) is 89.9 Å². The van der Waals surface area contributed by atoms with Gasteiger partial charge in [0.25, 0.3) is 0 Å². The molecule has 0 aromatic rings. The Balaban J connectivity index is 1.35. The molecule has 19 heteroatoms. The van der Waals surface area contributed by atoms with Crippen LogP contribution in [0.15, 0.2) is 122 Å². The first-order chi connectivity index (χ1) is 49.3. The van der Waals surface area contributed by atoms with Crippen molar-refractivity contribution in [1.82, 2.24) is 5.32 Å². The van der Waals surface area contributed by atoms with Crippen molar-refractivity contribution in [3.05, 3.63) is 122 Å². The predicted molar refractivity (Wildman–Crippen MR) is 401 cm³/mol. The van der Waals surface area contributed by atoms with Crippen molar-refractivity contribution in [2.24, 2.45) is 0 Å². The number of aliphatic hydroxyl groups excluding tert-OH is 11. The molecule has 0 saturated carbocycles. The third-order valence-electron chi connectivity index (χ3n) is 18.8. The van der Waals surface area contributed by atoms with Crippen LogP contribution in [0.5, 0.6) is 0 Å². The summed E-state index contributed by atoms with van der Waals surface area (Å²) in [6.07, 6.45) is 58.5. The number of hydrogen-bond acceptors (Lipinski definition) is 18. The molecule has 0 aromatic heterocycles. The lowest BCUT2D eigenvalue weighted by atomic mass is 9.96. The van der Waals surface area contributed by atoms with E-state index >= 15 is 0 Å². The summed E-state index contributed by atoms with van der Waals surface area (Å²) in [6, 6.07) is -0.901. The predicted octanol–water partition coefficient (Wildman–Crippen LogP) is 12.7. The molecule has 0 radical (unpaired) electrons. The molecule has 3 rings (SSSR count). The fraction of sp³-hybridized carbons (Fsp3) is 0.744. The van der Waals surface area contributed by atoms with E-state index < -0.39 is 124 Å². The van der Waals surface area contributed by atoms with E-state index in [-0.39, 0.29) is 18.9 Å². The van der Waals surface area contributed by atoms with E-state index in [0.717, 1.165) is 128 Å². The van der Waals surface area contributed by atoms with E-state index in [1.807, 2.05) is 0 Å². The molecular weight excluding hydrogens is 1290 g/mol. The Labute approximate surface area is 608 Å². The van der Waals surface area contributed by atoms with Crippen LogP contribution in [0.25, 0.3) is 0 Å². The van der Waals surface area contributed by atoms with Gasteiger partial charge in [-0.25, -0.2) is 0 Å². The molecule has 3 heterocycles. The molecule has 1 amide bonds. The molecule has 580 valence electrons. The molecule has 0 aliphatic carbocycles. The van der Waals surface area contributed by atoms with E-state index in [1.165, 1.54) is 96.3 Å². The summed E-state index contributed by atoms with van der Waals surface area (Å²) >= 11 is 0. The number of amides is 1. The average molecular weight is 1430 g/mol. The molecular formula is C82H139NO18. The Hall–Kier alpha value is -3.81. The lowest BCUT2D eigenvalue weighted by molar-refractivity contribution is -0.379. The van der Waals surface area contributed by atoms with Gasteiger partial charge in [-0.1, -0.05) is 283 Å². The monoisotopic (exact) mass is 1430 g/mol. The third-order valence-corrected chi connectivity index (χ3v) is 18.8. The van der Waals surface area contributed by atoms with Crippen molar-refractivity contribution in [1.29, 1.82) is 0 Å². The molecule has 3 aliphatic heterocycles. The first-order valence-corrected chi connectivity index (χ1v) is 39.3. The van der Waals surface area contributed by atoms with Crippen LogP contribution in [0.4, 0.5) is 0 Å². The summed E-state index contributed by atoms with van der Waals surface area (Å²) in [6.45, 7) is 1.68. The summed E-state index contributed by atoms with van der Waals surface area (Å²) in [7, 11) is 0. The van der Waals surface area contributed by atoms with Crippen molar-refractivity contribution in [3.8, 4) is 0 Å².